The summed E-state index contributed by atoms with van der Waals surface area (Å²) in [5.41, 5.74) is 3.37. The second kappa shape index (κ2) is 10.9. The van der Waals surface area contributed by atoms with E-state index in [0.717, 1.165) is 17.8 Å². The zero-order chi connectivity index (χ0) is 21.3. The number of benzene rings is 2. The quantitative estimate of drug-likeness (QED) is 0.430. The number of aromatic nitrogens is 1. The lowest BCUT2D eigenvalue weighted by molar-refractivity contribution is -0.116. The summed E-state index contributed by atoms with van der Waals surface area (Å²) in [5.74, 6) is -0.302. The zero-order valence-corrected chi connectivity index (χ0v) is 18.4. The third-order valence-corrected chi connectivity index (χ3v) is 5.60. The van der Waals surface area contributed by atoms with Crippen LogP contribution in [0.3, 0.4) is 0 Å². The highest BCUT2D eigenvalue weighted by Crippen LogP contribution is 2.19. The van der Waals surface area contributed by atoms with E-state index in [1.165, 1.54) is 29.7 Å². The number of rotatable bonds is 9. The van der Waals surface area contributed by atoms with Gasteiger partial charge in [0.05, 0.1) is 5.69 Å². The minimum Gasteiger partial charge on any atom is -0.326 e. The van der Waals surface area contributed by atoms with Gasteiger partial charge >= 0.3 is 0 Å². The van der Waals surface area contributed by atoms with E-state index in [-0.39, 0.29) is 11.8 Å². The zero-order valence-electron chi connectivity index (χ0n) is 16.8. The second-order valence-electron chi connectivity index (χ2n) is 6.95. The molecule has 1 aromatic heterocycles. The van der Waals surface area contributed by atoms with Crippen LogP contribution in [0.25, 0.3) is 0 Å². The number of nitrogens with one attached hydrogen (secondary N) is 2. The van der Waals surface area contributed by atoms with Gasteiger partial charge in [-0.15, -0.1) is 11.3 Å². The van der Waals surface area contributed by atoms with Crippen LogP contribution < -0.4 is 10.6 Å². The Bertz CT molecular complexity index is 984. The van der Waals surface area contributed by atoms with Crippen LogP contribution in [0, 0.1) is 0 Å². The summed E-state index contributed by atoms with van der Waals surface area (Å²) >= 11 is 7.18. The highest BCUT2D eigenvalue weighted by molar-refractivity contribution is 7.14. The molecule has 0 fully saturated rings. The van der Waals surface area contributed by atoms with Gasteiger partial charge in [0.1, 0.15) is 0 Å². The Kier molecular flexibility index (Phi) is 7.99. The summed E-state index contributed by atoms with van der Waals surface area (Å²) in [6, 6.07) is 14.6. The summed E-state index contributed by atoms with van der Waals surface area (Å²) in [5, 5.41) is 8.63. The smallest absolute Gasteiger partial charge is 0.257 e. The van der Waals surface area contributed by atoms with Gasteiger partial charge in [-0.3, -0.25) is 14.9 Å². The third-order valence-electron chi connectivity index (χ3n) is 4.54. The molecule has 3 aromatic rings. The van der Waals surface area contributed by atoms with Crippen LogP contribution in [-0.4, -0.2) is 16.8 Å². The number of halogens is 1. The monoisotopic (exact) mass is 441 g/mol. The number of unbranched alkanes of at least 4 members (excludes halogenated alkanes) is 1. The van der Waals surface area contributed by atoms with Crippen molar-refractivity contribution in [1.82, 2.24) is 4.98 Å². The maximum atomic E-state index is 12.2. The molecule has 0 saturated carbocycles. The SMILES string of the molecule is CCCCc1ccc(NC(=O)CCc2csc(NC(=O)c3ccc(Cl)cc3)n2)cc1. The van der Waals surface area contributed by atoms with Crippen molar-refractivity contribution >= 4 is 45.6 Å². The number of amides is 2. The van der Waals surface area contributed by atoms with Crippen molar-refractivity contribution in [2.75, 3.05) is 10.6 Å². The van der Waals surface area contributed by atoms with E-state index in [4.69, 9.17) is 11.6 Å². The summed E-state index contributed by atoms with van der Waals surface area (Å²) in [7, 11) is 0. The van der Waals surface area contributed by atoms with Crippen molar-refractivity contribution in [3.05, 3.63) is 75.8 Å². The lowest BCUT2D eigenvalue weighted by Gasteiger charge is -2.06. The molecule has 156 valence electrons. The molecule has 0 aliphatic carbocycles. The van der Waals surface area contributed by atoms with Crippen LogP contribution in [0.5, 0.6) is 0 Å². The molecular weight excluding hydrogens is 418 g/mol. The van der Waals surface area contributed by atoms with E-state index < -0.39 is 0 Å². The maximum Gasteiger partial charge on any atom is 0.257 e. The molecule has 0 unspecified atom stereocenters. The Morgan fingerprint density at radius 2 is 1.73 bits per heavy atom. The molecule has 0 bridgehead atoms. The molecule has 2 amide bonds. The molecule has 0 radical (unpaired) electrons. The highest BCUT2D eigenvalue weighted by atomic mass is 35.5. The van der Waals surface area contributed by atoms with Gasteiger partial charge in [-0.1, -0.05) is 37.1 Å². The molecule has 1 heterocycles. The van der Waals surface area contributed by atoms with Gasteiger partial charge in [-0.2, -0.15) is 0 Å². The number of thiazole rings is 1. The van der Waals surface area contributed by atoms with E-state index in [1.54, 1.807) is 24.3 Å². The van der Waals surface area contributed by atoms with Gasteiger partial charge in [0.2, 0.25) is 5.91 Å². The summed E-state index contributed by atoms with van der Waals surface area (Å²) in [4.78, 5) is 28.9. The normalized spacial score (nSPS) is 10.6. The van der Waals surface area contributed by atoms with Crippen molar-refractivity contribution in [3.8, 4) is 0 Å². The first-order chi connectivity index (χ1) is 14.5. The summed E-state index contributed by atoms with van der Waals surface area (Å²) in [6.45, 7) is 2.17. The van der Waals surface area contributed by atoms with E-state index in [0.29, 0.717) is 28.6 Å². The molecular formula is C23H24ClN3O2S. The first-order valence-corrected chi connectivity index (χ1v) is 11.2. The maximum absolute atomic E-state index is 12.2. The number of anilines is 2. The molecule has 7 heteroatoms. The second-order valence-corrected chi connectivity index (χ2v) is 8.25. The first kappa shape index (κ1) is 22.0. The Labute approximate surface area is 185 Å². The van der Waals surface area contributed by atoms with E-state index in [1.807, 2.05) is 17.5 Å². The minimum atomic E-state index is -0.243. The van der Waals surface area contributed by atoms with Crippen LogP contribution in [0.4, 0.5) is 10.8 Å². The van der Waals surface area contributed by atoms with Crippen molar-refractivity contribution in [2.45, 2.75) is 39.0 Å². The van der Waals surface area contributed by atoms with Crippen LogP contribution in [0.15, 0.2) is 53.9 Å². The van der Waals surface area contributed by atoms with Gasteiger partial charge in [-0.05, 0) is 61.2 Å². The molecule has 0 aliphatic rings. The molecule has 0 spiro atoms. The Hall–Kier alpha value is -2.70. The molecule has 5 nitrogen and oxygen atoms in total. The predicted molar refractivity (Wildman–Crippen MR) is 124 cm³/mol. The van der Waals surface area contributed by atoms with Crippen LogP contribution in [0.1, 0.15) is 47.8 Å². The highest BCUT2D eigenvalue weighted by Gasteiger charge is 2.10. The minimum absolute atomic E-state index is 0.0592. The molecule has 0 saturated heterocycles. The molecule has 2 aromatic carbocycles. The lowest BCUT2D eigenvalue weighted by Crippen LogP contribution is -2.13. The lowest BCUT2D eigenvalue weighted by atomic mass is 10.1. The number of aryl methyl sites for hydroxylation is 2. The van der Waals surface area contributed by atoms with Crippen LogP contribution in [-0.2, 0) is 17.6 Å². The van der Waals surface area contributed by atoms with E-state index >= 15 is 0 Å². The largest absolute Gasteiger partial charge is 0.326 e. The van der Waals surface area contributed by atoms with Crippen molar-refractivity contribution in [2.24, 2.45) is 0 Å². The molecule has 0 atom stereocenters. The van der Waals surface area contributed by atoms with Crippen LogP contribution >= 0.6 is 22.9 Å². The standard InChI is InChI=1S/C23H24ClN3O2S/c1-2-3-4-16-5-11-19(12-6-16)25-21(28)14-13-20-15-30-23(26-20)27-22(29)17-7-9-18(24)10-8-17/h5-12,15H,2-4,13-14H2,1H3,(H,25,28)(H,26,27,29). The average Bonchev–Trinajstić information content (AvgIpc) is 3.19. The fourth-order valence-electron chi connectivity index (χ4n) is 2.85. The Morgan fingerprint density at radius 1 is 1.00 bits per heavy atom. The predicted octanol–water partition coefficient (Wildman–Crippen LogP) is 5.96. The van der Waals surface area contributed by atoms with Gasteiger partial charge < -0.3 is 5.32 Å². The van der Waals surface area contributed by atoms with Crippen molar-refractivity contribution < 1.29 is 9.59 Å². The van der Waals surface area contributed by atoms with Gasteiger partial charge in [0.25, 0.3) is 5.91 Å². The number of carbonyl (C=O) groups excluding carboxylic acids is 2. The number of hydrogen-bond donors (Lipinski definition) is 2. The van der Waals surface area contributed by atoms with Crippen molar-refractivity contribution in [1.29, 1.82) is 0 Å². The van der Waals surface area contributed by atoms with E-state index in [9.17, 15) is 9.59 Å². The summed E-state index contributed by atoms with van der Waals surface area (Å²) < 4.78 is 0. The fraction of sp³-hybridized carbons (Fsp3) is 0.261. The number of carbonyl (C=O) groups is 2. The van der Waals surface area contributed by atoms with E-state index in [2.05, 4.69) is 34.7 Å². The number of hydrogen-bond acceptors (Lipinski definition) is 4. The molecule has 3 rings (SSSR count). The Morgan fingerprint density at radius 3 is 2.43 bits per heavy atom. The van der Waals surface area contributed by atoms with Gasteiger partial charge in [0.15, 0.2) is 5.13 Å². The van der Waals surface area contributed by atoms with Gasteiger partial charge in [-0.25, -0.2) is 4.98 Å². The van der Waals surface area contributed by atoms with Crippen LogP contribution in [0.2, 0.25) is 5.02 Å². The first-order valence-electron chi connectivity index (χ1n) is 9.93. The molecule has 2 N–H and O–H groups in total. The third kappa shape index (κ3) is 6.68. The fourth-order valence-corrected chi connectivity index (χ4v) is 3.72. The molecule has 30 heavy (non-hydrogen) atoms. The topological polar surface area (TPSA) is 71.1 Å². The van der Waals surface area contributed by atoms with Crippen molar-refractivity contribution in [3.63, 3.8) is 0 Å². The summed E-state index contributed by atoms with van der Waals surface area (Å²) in [6.07, 6.45) is 4.23. The Balaban J connectivity index is 1.46. The number of nitrogens with zero attached hydrogens (tertiary/aromatic N) is 1. The molecule has 0 aliphatic heterocycles. The van der Waals surface area contributed by atoms with Gasteiger partial charge in [0, 0.05) is 28.1 Å². The average molecular weight is 442 g/mol.